The number of ether oxygens (including phenoxy) is 1. The molecule has 0 aliphatic heterocycles. The number of halogens is 1. The maximum absolute atomic E-state index is 9.06. The first-order valence-corrected chi connectivity index (χ1v) is 5.35. The molecule has 0 unspecified atom stereocenters. The van der Waals surface area contributed by atoms with Crippen LogP contribution in [0.25, 0.3) is 0 Å². The largest absolute Gasteiger partial charge is 0.490 e. The number of nitrogens with two attached hydrogens (primary N) is 1. The van der Waals surface area contributed by atoms with Crippen LogP contribution < -0.4 is 10.5 Å². The highest BCUT2D eigenvalue weighted by molar-refractivity contribution is 9.10. The zero-order chi connectivity index (χ0) is 10.1. The number of hydrogen-bond donors (Lipinski definition) is 2. The van der Waals surface area contributed by atoms with Gasteiger partial charge in [0.25, 0.3) is 0 Å². The molecule has 0 heterocycles. The van der Waals surface area contributed by atoms with Crippen LogP contribution in [0.1, 0.15) is 18.4 Å². The molecule has 14 heavy (non-hydrogen) atoms. The molecule has 0 aromatic heterocycles. The number of benzene rings is 1. The van der Waals surface area contributed by atoms with E-state index in [0.29, 0.717) is 17.4 Å². The van der Waals surface area contributed by atoms with Gasteiger partial charge in [-0.3, -0.25) is 0 Å². The highest BCUT2D eigenvalue weighted by Crippen LogP contribution is 2.33. The fourth-order valence-corrected chi connectivity index (χ4v) is 1.70. The monoisotopic (exact) mass is 257 g/mol. The summed E-state index contributed by atoms with van der Waals surface area (Å²) in [4.78, 5) is 0. The fraction of sp³-hybridized carbons (Fsp3) is 0.400. The van der Waals surface area contributed by atoms with Gasteiger partial charge in [0, 0.05) is 10.0 Å². The molecule has 3 N–H and O–H groups in total. The molecule has 1 aliphatic rings. The number of anilines is 1. The van der Waals surface area contributed by atoms with Gasteiger partial charge in [-0.25, -0.2) is 0 Å². The molecule has 3 nitrogen and oxygen atoms in total. The van der Waals surface area contributed by atoms with Gasteiger partial charge < -0.3 is 15.6 Å². The summed E-state index contributed by atoms with van der Waals surface area (Å²) in [6, 6.07) is 3.63. The van der Waals surface area contributed by atoms with Crippen molar-refractivity contribution < 1.29 is 9.84 Å². The van der Waals surface area contributed by atoms with Crippen LogP contribution in [0.3, 0.4) is 0 Å². The molecule has 1 aromatic carbocycles. The summed E-state index contributed by atoms with van der Waals surface area (Å²) in [7, 11) is 0. The van der Waals surface area contributed by atoms with Gasteiger partial charge in [-0.2, -0.15) is 0 Å². The number of hydrogen-bond acceptors (Lipinski definition) is 3. The second-order valence-electron chi connectivity index (χ2n) is 3.45. The van der Waals surface area contributed by atoms with Crippen LogP contribution >= 0.6 is 15.9 Å². The number of aliphatic hydroxyl groups excluding tert-OH is 1. The Bertz CT molecular complexity index is 350. The molecule has 76 valence electrons. The maximum atomic E-state index is 9.06. The van der Waals surface area contributed by atoms with Crippen LogP contribution in [0.5, 0.6) is 5.75 Å². The quantitative estimate of drug-likeness (QED) is 0.816. The van der Waals surface area contributed by atoms with Crippen LogP contribution in [-0.4, -0.2) is 11.2 Å². The van der Waals surface area contributed by atoms with Gasteiger partial charge in [0.05, 0.1) is 18.4 Å². The first-order valence-electron chi connectivity index (χ1n) is 4.56. The summed E-state index contributed by atoms with van der Waals surface area (Å²) in [6.45, 7) is -0.0632. The minimum atomic E-state index is -0.0632. The first kappa shape index (κ1) is 9.80. The Morgan fingerprint density at radius 3 is 2.79 bits per heavy atom. The molecular weight excluding hydrogens is 246 g/mol. The second-order valence-corrected chi connectivity index (χ2v) is 4.31. The highest BCUT2D eigenvalue weighted by Gasteiger charge is 2.23. The highest BCUT2D eigenvalue weighted by atomic mass is 79.9. The van der Waals surface area contributed by atoms with E-state index in [1.165, 1.54) is 0 Å². The molecular formula is C10H12BrNO2. The van der Waals surface area contributed by atoms with E-state index < -0.39 is 0 Å². The fourth-order valence-electron chi connectivity index (χ4n) is 1.22. The van der Waals surface area contributed by atoms with Crippen molar-refractivity contribution in [3.8, 4) is 5.75 Å². The van der Waals surface area contributed by atoms with Crippen molar-refractivity contribution >= 4 is 21.6 Å². The van der Waals surface area contributed by atoms with Crippen LogP contribution in [0.2, 0.25) is 0 Å². The van der Waals surface area contributed by atoms with Crippen LogP contribution in [0.4, 0.5) is 5.69 Å². The molecule has 0 atom stereocenters. The molecule has 0 saturated heterocycles. The van der Waals surface area contributed by atoms with Gasteiger partial charge >= 0.3 is 0 Å². The minimum absolute atomic E-state index is 0.0632. The average Bonchev–Trinajstić information content (AvgIpc) is 2.95. The van der Waals surface area contributed by atoms with E-state index in [9.17, 15) is 0 Å². The van der Waals surface area contributed by atoms with E-state index >= 15 is 0 Å². The first-order chi connectivity index (χ1) is 6.70. The van der Waals surface area contributed by atoms with Crippen molar-refractivity contribution in [3.05, 3.63) is 22.2 Å². The van der Waals surface area contributed by atoms with Gasteiger partial charge in [0.2, 0.25) is 0 Å². The lowest BCUT2D eigenvalue weighted by atomic mass is 10.2. The summed E-state index contributed by atoms with van der Waals surface area (Å²) in [5.74, 6) is 0.776. The summed E-state index contributed by atoms with van der Waals surface area (Å²) >= 11 is 3.33. The van der Waals surface area contributed by atoms with E-state index in [1.54, 1.807) is 6.07 Å². The third-order valence-electron chi connectivity index (χ3n) is 2.19. The lowest BCUT2D eigenvalue weighted by Crippen LogP contribution is -2.00. The topological polar surface area (TPSA) is 55.5 Å². The van der Waals surface area contributed by atoms with E-state index in [2.05, 4.69) is 15.9 Å². The molecule has 2 rings (SSSR count). The third kappa shape index (κ3) is 2.01. The second kappa shape index (κ2) is 3.79. The van der Waals surface area contributed by atoms with Gasteiger partial charge in [-0.15, -0.1) is 0 Å². The van der Waals surface area contributed by atoms with Crippen LogP contribution in [-0.2, 0) is 6.61 Å². The van der Waals surface area contributed by atoms with Crippen molar-refractivity contribution in [2.75, 3.05) is 5.73 Å². The molecule has 0 spiro atoms. The maximum Gasteiger partial charge on any atom is 0.121 e. The van der Waals surface area contributed by atoms with Gasteiger partial charge in [-0.05, 0) is 40.9 Å². The zero-order valence-corrected chi connectivity index (χ0v) is 9.25. The van der Waals surface area contributed by atoms with Crippen LogP contribution in [0.15, 0.2) is 16.6 Å². The summed E-state index contributed by atoms with van der Waals surface area (Å²) in [5.41, 5.74) is 7.03. The van der Waals surface area contributed by atoms with Crippen molar-refractivity contribution in [3.63, 3.8) is 0 Å². The average molecular weight is 258 g/mol. The molecule has 0 bridgehead atoms. The lowest BCUT2D eigenvalue weighted by molar-refractivity contribution is 0.278. The van der Waals surface area contributed by atoms with Gasteiger partial charge in [0.1, 0.15) is 5.75 Å². The van der Waals surface area contributed by atoms with Crippen molar-refractivity contribution in [1.29, 1.82) is 0 Å². The molecule has 1 saturated carbocycles. The smallest absolute Gasteiger partial charge is 0.121 e. The summed E-state index contributed by atoms with van der Waals surface area (Å²) in [6.07, 6.45) is 2.60. The predicted molar refractivity (Wildman–Crippen MR) is 58.1 cm³/mol. The summed E-state index contributed by atoms with van der Waals surface area (Å²) in [5, 5.41) is 9.06. The third-order valence-corrected chi connectivity index (χ3v) is 2.84. The Morgan fingerprint density at radius 1 is 1.50 bits per heavy atom. The Kier molecular flexibility index (Phi) is 2.65. The number of nitrogen functional groups attached to an aromatic ring is 1. The van der Waals surface area contributed by atoms with E-state index in [-0.39, 0.29) is 6.61 Å². The van der Waals surface area contributed by atoms with E-state index in [4.69, 9.17) is 15.6 Å². The van der Waals surface area contributed by atoms with Crippen molar-refractivity contribution in [2.24, 2.45) is 0 Å². The van der Waals surface area contributed by atoms with Crippen molar-refractivity contribution in [2.45, 2.75) is 25.6 Å². The molecule has 1 aliphatic carbocycles. The SMILES string of the molecule is Nc1c(Br)cc(OC2CC2)cc1CO. The molecule has 1 fully saturated rings. The number of aliphatic hydroxyl groups is 1. The Hall–Kier alpha value is -0.740. The Morgan fingerprint density at radius 2 is 2.21 bits per heavy atom. The normalized spacial score (nSPS) is 15.6. The molecule has 4 heteroatoms. The Balaban J connectivity index is 2.27. The van der Waals surface area contributed by atoms with E-state index in [1.807, 2.05) is 6.07 Å². The zero-order valence-electron chi connectivity index (χ0n) is 7.66. The predicted octanol–water partition coefficient (Wildman–Crippen LogP) is 2.06. The van der Waals surface area contributed by atoms with Gasteiger partial charge in [-0.1, -0.05) is 0 Å². The van der Waals surface area contributed by atoms with E-state index in [0.717, 1.165) is 23.1 Å². The van der Waals surface area contributed by atoms with Crippen molar-refractivity contribution in [1.82, 2.24) is 0 Å². The lowest BCUT2D eigenvalue weighted by Gasteiger charge is -2.10. The standard InChI is InChI=1S/C10H12BrNO2/c11-9-4-8(14-7-1-2-7)3-6(5-13)10(9)12/h3-4,7,13H,1-2,5,12H2. The number of rotatable bonds is 3. The van der Waals surface area contributed by atoms with Crippen LogP contribution in [0, 0.1) is 0 Å². The molecule has 0 radical (unpaired) electrons. The van der Waals surface area contributed by atoms with Gasteiger partial charge in [0.15, 0.2) is 0 Å². The Labute approximate surface area is 91.0 Å². The minimum Gasteiger partial charge on any atom is -0.490 e. The summed E-state index contributed by atoms with van der Waals surface area (Å²) < 4.78 is 6.38. The molecule has 1 aromatic rings. The molecule has 0 amide bonds.